The lowest BCUT2D eigenvalue weighted by Gasteiger charge is -2.18. The van der Waals surface area contributed by atoms with Gasteiger partial charge in [0.05, 0.1) is 23.1 Å². The van der Waals surface area contributed by atoms with Gasteiger partial charge in [0.25, 0.3) is 0 Å². The summed E-state index contributed by atoms with van der Waals surface area (Å²) in [5.41, 5.74) is 1.35. The minimum Gasteiger partial charge on any atom is -0.465 e. The lowest BCUT2D eigenvalue weighted by Crippen LogP contribution is -2.16. The van der Waals surface area contributed by atoms with Crippen molar-refractivity contribution in [2.45, 2.75) is 35.1 Å². The van der Waals surface area contributed by atoms with Gasteiger partial charge in [0.1, 0.15) is 5.25 Å². The molecule has 4 aromatic rings. The molecule has 1 N–H and O–H groups in total. The van der Waals surface area contributed by atoms with Gasteiger partial charge in [-0.2, -0.15) is 13.2 Å². The number of aromatic nitrogens is 1. The van der Waals surface area contributed by atoms with Gasteiger partial charge in [0.15, 0.2) is 9.84 Å². The highest BCUT2D eigenvalue weighted by Gasteiger charge is 2.35. The summed E-state index contributed by atoms with van der Waals surface area (Å²) >= 11 is 0. The molecule has 1 fully saturated rings. The number of hydrogen-bond donors (Lipinski definition) is 1. The van der Waals surface area contributed by atoms with Gasteiger partial charge in [-0.3, -0.25) is 0 Å². The summed E-state index contributed by atoms with van der Waals surface area (Å²) < 4.78 is 72.5. The van der Waals surface area contributed by atoms with Gasteiger partial charge < -0.3 is 9.72 Å². The number of alkyl halides is 3. The minimum atomic E-state index is -4.52. The van der Waals surface area contributed by atoms with Crippen LogP contribution in [0.2, 0.25) is 0 Å². The number of carbonyl (C=O) groups is 1. The number of rotatable bonds is 6. The van der Waals surface area contributed by atoms with Crippen LogP contribution in [0.4, 0.5) is 13.2 Å². The number of sulfone groups is 1. The van der Waals surface area contributed by atoms with E-state index < -0.39 is 32.8 Å². The Bertz CT molecular complexity index is 1550. The molecule has 0 bridgehead atoms. The first-order valence-corrected chi connectivity index (χ1v) is 12.8. The molecule has 0 spiro atoms. The number of nitrogens with one attached hydrogen (secondary N) is 1. The highest BCUT2D eigenvalue weighted by atomic mass is 32.2. The van der Waals surface area contributed by atoms with Gasteiger partial charge in [0.2, 0.25) is 0 Å². The molecule has 5 nitrogen and oxygen atoms in total. The van der Waals surface area contributed by atoms with E-state index >= 15 is 0 Å². The average molecular weight is 514 g/mol. The van der Waals surface area contributed by atoms with E-state index in [1.165, 1.54) is 49.6 Å². The molecule has 186 valence electrons. The van der Waals surface area contributed by atoms with Crippen LogP contribution in [-0.4, -0.2) is 26.5 Å². The molecule has 0 radical (unpaired) electrons. The van der Waals surface area contributed by atoms with Crippen molar-refractivity contribution < 1.29 is 31.1 Å². The molecule has 3 aromatic carbocycles. The van der Waals surface area contributed by atoms with Crippen molar-refractivity contribution in [3.63, 3.8) is 0 Å². The molecular weight excluding hydrogens is 491 g/mol. The normalized spacial score (nSPS) is 15.1. The number of esters is 1. The van der Waals surface area contributed by atoms with E-state index in [-0.39, 0.29) is 21.5 Å². The number of benzene rings is 3. The van der Waals surface area contributed by atoms with Crippen LogP contribution in [0.5, 0.6) is 0 Å². The van der Waals surface area contributed by atoms with E-state index in [0.29, 0.717) is 17.0 Å². The number of methoxy groups -OCH3 is 1. The zero-order valence-corrected chi connectivity index (χ0v) is 20.0. The summed E-state index contributed by atoms with van der Waals surface area (Å²) in [7, 11) is -2.78. The third-order valence-electron chi connectivity index (χ3n) is 6.43. The summed E-state index contributed by atoms with van der Waals surface area (Å²) in [6, 6.07) is 17.5. The van der Waals surface area contributed by atoms with E-state index in [1.807, 2.05) is 6.07 Å². The number of ether oxygens (including phenoxy) is 1. The van der Waals surface area contributed by atoms with E-state index in [4.69, 9.17) is 4.74 Å². The zero-order chi connectivity index (χ0) is 25.7. The Labute approximate surface area is 205 Å². The lowest BCUT2D eigenvalue weighted by atomic mass is 10.1. The van der Waals surface area contributed by atoms with Crippen molar-refractivity contribution in [1.29, 1.82) is 0 Å². The smallest absolute Gasteiger partial charge is 0.416 e. The Morgan fingerprint density at radius 2 is 1.72 bits per heavy atom. The molecule has 1 saturated carbocycles. The van der Waals surface area contributed by atoms with Crippen LogP contribution in [-0.2, 0) is 20.8 Å². The summed E-state index contributed by atoms with van der Waals surface area (Å²) in [6.45, 7) is 0. The van der Waals surface area contributed by atoms with Crippen LogP contribution in [0.15, 0.2) is 77.7 Å². The van der Waals surface area contributed by atoms with E-state index in [9.17, 15) is 26.4 Å². The van der Waals surface area contributed by atoms with Gasteiger partial charge in [0, 0.05) is 16.6 Å². The van der Waals surface area contributed by atoms with Gasteiger partial charge in [-0.25, -0.2) is 13.2 Å². The molecule has 0 aliphatic heterocycles. The lowest BCUT2D eigenvalue weighted by molar-refractivity contribution is -0.137. The summed E-state index contributed by atoms with van der Waals surface area (Å²) in [4.78, 5) is 15.0. The van der Waals surface area contributed by atoms with Crippen LogP contribution in [0.25, 0.3) is 10.9 Å². The van der Waals surface area contributed by atoms with Crippen molar-refractivity contribution >= 4 is 26.7 Å². The molecule has 1 aromatic heterocycles. The molecule has 9 heteroatoms. The first kappa shape index (κ1) is 24.1. The van der Waals surface area contributed by atoms with Crippen molar-refractivity contribution in [2.75, 3.05) is 7.11 Å². The Kier molecular flexibility index (Phi) is 5.90. The Hall–Kier alpha value is -3.59. The van der Waals surface area contributed by atoms with Gasteiger partial charge in [-0.1, -0.05) is 24.3 Å². The van der Waals surface area contributed by atoms with Crippen molar-refractivity contribution in [3.05, 3.63) is 101 Å². The predicted octanol–water partition coefficient (Wildman–Crippen LogP) is 6.41. The second-order valence-electron chi connectivity index (χ2n) is 8.91. The highest BCUT2D eigenvalue weighted by molar-refractivity contribution is 7.91. The monoisotopic (exact) mass is 513 g/mol. The molecular formula is C27H22F3NO4S. The van der Waals surface area contributed by atoms with Crippen LogP contribution in [0, 0.1) is 0 Å². The summed E-state index contributed by atoms with van der Waals surface area (Å²) in [6.07, 6.45) is -2.51. The molecule has 0 amide bonds. The molecule has 1 aliphatic carbocycles. The molecule has 36 heavy (non-hydrogen) atoms. The molecule has 1 unspecified atom stereocenters. The maximum atomic E-state index is 14.0. The van der Waals surface area contributed by atoms with E-state index in [2.05, 4.69) is 4.98 Å². The first-order chi connectivity index (χ1) is 17.1. The first-order valence-electron chi connectivity index (χ1n) is 11.3. The molecule has 0 saturated heterocycles. The predicted molar refractivity (Wildman–Crippen MR) is 129 cm³/mol. The topological polar surface area (TPSA) is 76.2 Å². The second kappa shape index (κ2) is 8.81. The fourth-order valence-electron chi connectivity index (χ4n) is 4.41. The van der Waals surface area contributed by atoms with Crippen LogP contribution in [0.3, 0.4) is 0 Å². The fourth-order valence-corrected chi connectivity index (χ4v) is 6.23. The van der Waals surface area contributed by atoms with Crippen LogP contribution < -0.4 is 0 Å². The largest absolute Gasteiger partial charge is 0.465 e. The fraction of sp³-hybridized carbons (Fsp3) is 0.222. The van der Waals surface area contributed by atoms with Crippen LogP contribution in [0.1, 0.15) is 56.8 Å². The quantitative estimate of drug-likeness (QED) is 0.302. The van der Waals surface area contributed by atoms with Gasteiger partial charge in [-0.15, -0.1) is 0 Å². The number of hydrogen-bond acceptors (Lipinski definition) is 4. The maximum absolute atomic E-state index is 14.0. The van der Waals surface area contributed by atoms with Crippen molar-refractivity contribution in [3.8, 4) is 0 Å². The zero-order valence-electron chi connectivity index (χ0n) is 19.2. The average Bonchev–Trinajstić information content (AvgIpc) is 3.63. The number of H-pyrrole nitrogens is 1. The molecule has 1 heterocycles. The van der Waals surface area contributed by atoms with Crippen molar-refractivity contribution in [2.24, 2.45) is 0 Å². The molecule has 1 atom stereocenters. The van der Waals surface area contributed by atoms with Gasteiger partial charge in [-0.05, 0) is 78.4 Å². The third kappa shape index (κ3) is 4.51. The molecule has 1 aliphatic rings. The second-order valence-corrected chi connectivity index (χ2v) is 10.9. The number of carbonyl (C=O) groups excluding carboxylic acids is 1. The molecule has 5 rings (SSSR count). The van der Waals surface area contributed by atoms with Crippen LogP contribution >= 0.6 is 0 Å². The Morgan fingerprint density at radius 1 is 1.00 bits per heavy atom. The highest BCUT2D eigenvalue weighted by Crippen LogP contribution is 2.42. The summed E-state index contributed by atoms with van der Waals surface area (Å²) in [5, 5.41) is -0.988. The van der Waals surface area contributed by atoms with E-state index in [1.54, 1.807) is 12.1 Å². The van der Waals surface area contributed by atoms with E-state index in [0.717, 1.165) is 30.5 Å². The number of halogens is 3. The van der Waals surface area contributed by atoms with Gasteiger partial charge >= 0.3 is 12.1 Å². The number of aromatic amines is 1. The maximum Gasteiger partial charge on any atom is 0.416 e. The number of fused-ring (bicyclic) bond motifs is 1. The Morgan fingerprint density at radius 3 is 2.36 bits per heavy atom. The SMILES string of the molecule is COC(=O)c1ccc(C(c2cc3cc(C(F)(F)F)ccc3[nH]2)S(=O)(=O)c2cccc(C3CC3)c2)cc1. The standard InChI is InChI=1S/C27H22F3NO4S/c1-35-26(32)18-9-7-17(8-10-18)25(36(33,34)22-4-2-3-19(14-22)16-5-6-16)24-15-20-13-21(27(28,29)30)11-12-23(20)31-24/h2-4,7-16,25,31H,5-6H2,1H3. The third-order valence-corrected chi connectivity index (χ3v) is 8.49. The Balaban J connectivity index is 1.65. The van der Waals surface area contributed by atoms with Crippen molar-refractivity contribution in [1.82, 2.24) is 4.98 Å². The minimum absolute atomic E-state index is 0.128. The summed E-state index contributed by atoms with van der Waals surface area (Å²) in [5.74, 6) is -0.227.